The number of nitrogens with zero attached hydrogens (tertiary/aromatic N) is 2. The Kier molecular flexibility index (Phi) is 6.10. The SMILES string of the molecule is CCNC(=NCCc1coc(-c2ccc(F)cc2)n1)NC1CCS(=O)(=O)C1. The second kappa shape index (κ2) is 8.51. The zero-order valence-electron chi connectivity index (χ0n) is 15.1. The molecule has 7 nitrogen and oxygen atoms in total. The van der Waals surface area contributed by atoms with Gasteiger partial charge in [0.05, 0.1) is 17.2 Å². The van der Waals surface area contributed by atoms with Gasteiger partial charge in [-0.15, -0.1) is 0 Å². The van der Waals surface area contributed by atoms with Gasteiger partial charge in [0.1, 0.15) is 12.1 Å². The van der Waals surface area contributed by atoms with Gasteiger partial charge >= 0.3 is 0 Å². The van der Waals surface area contributed by atoms with E-state index in [4.69, 9.17) is 4.42 Å². The molecule has 2 aromatic rings. The van der Waals surface area contributed by atoms with Crippen molar-refractivity contribution in [3.8, 4) is 11.5 Å². The fourth-order valence-electron chi connectivity index (χ4n) is 2.85. The van der Waals surface area contributed by atoms with Gasteiger partial charge in [0, 0.05) is 31.1 Å². The van der Waals surface area contributed by atoms with Crippen molar-refractivity contribution >= 4 is 15.8 Å². The summed E-state index contributed by atoms with van der Waals surface area (Å²) in [5.41, 5.74) is 1.46. The highest BCUT2D eigenvalue weighted by Gasteiger charge is 2.28. The molecule has 0 spiro atoms. The molecule has 1 saturated heterocycles. The van der Waals surface area contributed by atoms with Crippen LogP contribution in [0.1, 0.15) is 19.0 Å². The van der Waals surface area contributed by atoms with Crippen molar-refractivity contribution < 1.29 is 17.2 Å². The summed E-state index contributed by atoms with van der Waals surface area (Å²) in [6.45, 7) is 3.11. The highest BCUT2D eigenvalue weighted by atomic mass is 32.2. The smallest absolute Gasteiger partial charge is 0.226 e. The second-order valence-corrected chi connectivity index (χ2v) is 8.63. The molecule has 1 unspecified atom stereocenters. The first kappa shape index (κ1) is 19.3. The van der Waals surface area contributed by atoms with Gasteiger partial charge in [0.25, 0.3) is 0 Å². The van der Waals surface area contributed by atoms with Gasteiger partial charge in [0.2, 0.25) is 5.89 Å². The third-order valence-electron chi connectivity index (χ3n) is 4.20. The topological polar surface area (TPSA) is 96.6 Å². The first-order valence-corrected chi connectivity index (χ1v) is 10.7. The third-order valence-corrected chi connectivity index (χ3v) is 5.97. The van der Waals surface area contributed by atoms with Gasteiger partial charge < -0.3 is 15.1 Å². The molecular formula is C18H23FN4O3S. The van der Waals surface area contributed by atoms with Gasteiger partial charge in [-0.25, -0.2) is 17.8 Å². The average Bonchev–Trinajstić information content (AvgIpc) is 3.22. The van der Waals surface area contributed by atoms with Crippen molar-refractivity contribution in [1.82, 2.24) is 15.6 Å². The van der Waals surface area contributed by atoms with Crippen LogP contribution >= 0.6 is 0 Å². The van der Waals surface area contributed by atoms with Crippen molar-refractivity contribution in [2.45, 2.75) is 25.8 Å². The Morgan fingerprint density at radius 3 is 2.81 bits per heavy atom. The zero-order valence-corrected chi connectivity index (χ0v) is 15.9. The fraction of sp³-hybridized carbons (Fsp3) is 0.444. The van der Waals surface area contributed by atoms with Crippen LogP contribution in [0.5, 0.6) is 0 Å². The van der Waals surface area contributed by atoms with Gasteiger partial charge in [-0.2, -0.15) is 0 Å². The number of aliphatic imine (C=N–C) groups is 1. The molecule has 1 aromatic heterocycles. The number of rotatable bonds is 6. The summed E-state index contributed by atoms with van der Waals surface area (Å²) in [6, 6.07) is 5.85. The van der Waals surface area contributed by atoms with E-state index in [-0.39, 0.29) is 23.4 Å². The third kappa shape index (κ3) is 5.53. The van der Waals surface area contributed by atoms with Crippen LogP contribution in [0.4, 0.5) is 4.39 Å². The molecule has 0 bridgehead atoms. The second-order valence-electron chi connectivity index (χ2n) is 6.41. The van der Waals surface area contributed by atoms with E-state index in [1.54, 1.807) is 18.4 Å². The van der Waals surface area contributed by atoms with Crippen molar-refractivity contribution in [2.75, 3.05) is 24.6 Å². The lowest BCUT2D eigenvalue weighted by Gasteiger charge is -2.15. The summed E-state index contributed by atoms with van der Waals surface area (Å²) in [5, 5.41) is 6.30. The molecule has 146 valence electrons. The number of hydrogen-bond donors (Lipinski definition) is 2. The lowest BCUT2D eigenvalue weighted by Crippen LogP contribution is -2.44. The Balaban J connectivity index is 1.57. The molecule has 0 radical (unpaired) electrons. The molecule has 2 N–H and O–H groups in total. The summed E-state index contributed by atoms with van der Waals surface area (Å²) in [6.07, 6.45) is 2.74. The van der Waals surface area contributed by atoms with E-state index in [1.165, 1.54) is 12.1 Å². The monoisotopic (exact) mass is 394 g/mol. The summed E-state index contributed by atoms with van der Waals surface area (Å²) < 4.78 is 41.6. The quantitative estimate of drug-likeness (QED) is 0.573. The number of sulfone groups is 1. The van der Waals surface area contributed by atoms with Crippen LogP contribution in [0.2, 0.25) is 0 Å². The molecule has 2 heterocycles. The van der Waals surface area contributed by atoms with Crippen molar-refractivity contribution in [3.63, 3.8) is 0 Å². The minimum Gasteiger partial charge on any atom is -0.444 e. The molecule has 0 aliphatic carbocycles. The Hall–Kier alpha value is -2.42. The Bertz CT molecular complexity index is 894. The van der Waals surface area contributed by atoms with E-state index in [9.17, 15) is 12.8 Å². The van der Waals surface area contributed by atoms with Crippen molar-refractivity contribution in [2.24, 2.45) is 4.99 Å². The number of nitrogens with one attached hydrogen (secondary N) is 2. The minimum absolute atomic E-state index is 0.107. The largest absolute Gasteiger partial charge is 0.444 e. The van der Waals surface area contributed by atoms with E-state index in [0.29, 0.717) is 43.3 Å². The number of halogens is 1. The van der Waals surface area contributed by atoms with E-state index in [2.05, 4.69) is 20.6 Å². The normalized spacial score (nSPS) is 19.2. The maximum Gasteiger partial charge on any atom is 0.226 e. The van der Waals surface area contributed by atoms with E-state index >= 15 is 0 Å². The van der Waals surface area contributed by atoms with Crippen LogP contribution < -0.4 is 10.6 Å². The number of hydrogen-bond acceptors (Lipinski definition) is 5. The van der Waals surface area contributed by atoms with Gasteiger partial charge in [-0.05, 0) is 37.6 Å². The highest BCUT2D eigenvalue weighted by molar-refractivity contribution is 7.91. The maximum absolute atomic E-state index is 13.0. The molecule has 1 aliphatic heterocycles. The molecule has 1 atom stereocenters. The standard InChI is InChI=1S/C18H23FN4O3S/c1-2-20-18(23-16-8-10-27(24,25)12-16)21-9-7-15-11-26-17(22-15)13-3-5-14(19)6-4-13/h3-6,11,16H,2,7-10,12H2,1H3,(H2,20,21,23). The summed E-state index contributed by atoms with van der Waals surface area (Å²) >= 11 is 0. The summed E-state index contributed by atoms with van der Waals surface area (Å²) in [4.78, 5) is 8.88. The van der Waals surface area contributed by atoms with Crippen LogP contribution in [0.15, 0.2) is 39.9 Å². The van der Waals surface area contributed by atoms with Crippen molar-refractivity contribution in [1.29, 1.82) is 0 Å². The number of guanidine groups is 1. The molecule has 1 aliphatic rings. The number of aromatic nitrogens is 1. The first-order chi connectivity index (χ1) is 12.9. The van der Waals surface area contributed by atoms with Crippen LogP contribution in [-0.2, 0) is 16.3 Å². The molecule has 1 fully saturated rings. The molecule has 9 heteroatoms. The molecule has 0 saturated carbocycles. The lowest BCUT2D eigenvalue weighted by atomic mass is 10.2. The average molecular weight is 394 g/mol. The maximum atomic E-state index is 13.0. The highest BCUT2D eigenvalue weighted by Crippen LogP contribution is 2.19. The zero-order chi connectivity index (χ0) is 19.3. The molecular weight excluding hydrogens is 371 g/mol. The van der Waals surface area contributed by atoms with Gasteiger partial charge in [-0.1, -0.05) is 0 Å². The van der Waals surface area contributed by atoms with Gasteiger partial charge in [0.15, 0.2) is 15.8 Å². The Labute approximate surface area is 158 Å². The van der Waals surface area contributed by atoms with Crippen LogP contribution in [0.25, 0.3) is 11.5 Å². The predicted octanol–water partition coefficient (Wildman–Crippen LogP) is 1.77. The predicted molar refractivity (Wildman–Crippen MR) is 102 cm³/mol. The van der Waals surface area contributed by atoms with Crippen molar-refractivity contribution in [3.05, 3.63) is 42.0 Å². The van der Waals surface area contributed by atoms with E-state index < -0.39 is 9.84 Å². The first-order valence-electron chi connectivity index (χ1n) is 8.91. The van der Waals surface area contributed by atoms with Gasteiger partial charge in [-0.3, -0.25) is 4.99 Å². The van der Waals surface area contributed by atoms with Crippen LogP contribution in [0.3, 0.4) is 0 Å². The summed E-state index contributed by atoms with van der Waals surface area (Å²) in [5.74, 6) is 1.09. The van der Waals surface area contributed by atoms with Crippen LogP contribution in [0, 0.1) is 5.82 Å². The van der Waals surface area contributed by atoms with E-state index in [1.807, 2.05) is 6.92 Å². The van der Waals surface area contributed by atoms with Crippen LogP contribution in [-0.4, -0.2) is 50.0 Å². The van der Waals surface area contributed by atoms with E-state index in [0.717, 1.165) is 5.69 Å². The minimum atomic E-state index is -2.94. The molecule has 3 rings (SSSR count). The lowest BCUT2D eigenvalue weighted by molar-refractivity contribution is 0.572. The molecule has 0 amide bonds. The molecule has 1 aromatic carbocycles. The molecule has 27 heavy (non-hydrogen) atoms. The number of oxazole rings is 1. The number of benzene rings is 1. The fourth-order valence-corrected chi connectivity index (χ4v) is 4.52. The summed E-state index contributed by atoms with van der Waals surface area (Å²) in [7, 11) is -2.94. The Morgan fingerprint density at radius 2 is 2.15 bits per heavy atom. The Morgan fingerprint density at radius 1 is 1.37 bits per heavy atom.